The number of urea groups is 1. The van der Waals surface area contributed by atoms with Gasteiger partial charge in [-0.15, -0.1) is 0 Å². The number of carbonyl (C=O) groups excluding carboxylic acids is 1. The fraction of sp³-hybridized carbons (Fsp3) is 0.833. The van der Waals surface area contributed by atoms with Crippen molar-refractivity contribution in [3.05, 3.63) is 0 Å². The number of carboxylic acids is 1. The van der Waals surface area contributed by atoms with Crippen molar-refractivity contribution in [2.24, 2.45) is 5.92 Å². The molecule has 0 aromatic heterocycles. The highest BCUT2D eigenvalue weighted by molar-refractivity contribution is 5.82. The van der Waals surface area contributed by atoms with Gasteiger partial charge in [0, 0.05) is 6.04 Å². The highest BCUT2D eigenvalue weighted by Gasteiger charge is 2.22. The van der Waals surface area contributed by atoms with Crippen LogP contribution >= 0.6 is 0 Å². The molecule has 0 aromatic carbocycles. The van der Waals surface area contributed by atoms with Crippen LogP contribution in [-0.2, 0) is 4.79 Å². The van der Waals surface area contributed by atoms with Crippen molar-refractivity contribution >= 4 is 12.0 Å². The molecule has 0 radical (unpaired) electrons. The zero-order valence-corrected chi connectivity index (χ0v) is 10.5. The Morgan fingerprint density at radius 2 is 2.12 bits per heavy atom. The summed E-state index contributed by atoms with van der Waals surface area (Å²) in [5.74, 6) is -0.352. The van der Waals surface area contributed by atoms with Gasteiger partial charge >= 0.3 is 12.0 Å². The maximum atomic E-state index is 11.6. The van der Waals surface area contributed by atoms with E-state index in [4.69, 9.17) is 5.11 Å². The van der Waals surface area contributed by atoms with Gasteiger partial charge in [-0.2, -0.15) is 0 Å². The van der Waals surface area contributed by atoms with Gasteiger partial charge in [0.2, 0.25) is 0 Å². The quantitative estimate of drug-likeness (QED) is 0.702. The largest absolute Gasteiger partial charge is 0.480 e. The summed E-state index contributed by atoms with van der Waals surface area (Å²) < 4.78 is 0. The molecule has 98 valence electrons. The third-order valence-electron chi connectivity index (χ3n) is 3.28. The molecule has 1 saturated carbocycles. The number of nitrogens with one attached hydrogen (secondary N) is 2. The molecule has 0 aliphatic heterocycles. The van der Waals surface area contributed by atoms with E-state index in [0.717, 1.165) is 19.3 Å². The topological polar surface area (TPSA) is 78.4 Å². The Hall–Kier alpha value is -1.26. The highest BCUT2D eigenvalue weighted by atomic mass is 16.4. The van der Waals surface area contributed by atoms with Crippen molar-refractivity contribution in [2.75, 3.05) is 0 Å². The van der Waals surface area contributed by atoms with E-state index in [1.807, 2.05) is 0 Å². The van der Waals surface area contributed by atoms with Crippen LogP contribution in [-0.4, -0.2) is 29.2 Å². The molecule has 17 heavy (non-hydrogen) atoms. The van der Waals surface area contributed by atoms with E-state index in [1.54, 1.807) is 6.92 Å². The van der Waals surface area contributed by atoms with E-state index in [0.29, 0.717) is 12.3 Å². The van der Waals surface area contributed by atoms with Gasteiger partial charge in [-0.1, -0.05) is 26.7 Å². The minimum Gasteiger partial charge on any atom is -0.480 e. The fourth-order valence-electron chi connectivity index (χ4n) is 2.29. The zero-order chi connectivity index (χ0) is 12.8. The van der Waals surface area contributed by atoms with E-state index >= 15 is 0 Å². The van der Waals surface area contributed by atoms with Crippen LogP contribution in [0.5, 0.6) is 0 Å². The number of hydrogen-bond acceptors (Lipinski definition) is 2. The molecule has 5 nitrogen and oxygen atoms in total. The zero-order valence-electron chi connectivity index (χ0n) is 10.5. The Labute approximate surface area is 102 Å². The van der Waals surface area contributed by atoms with Gasteiger partial charge in [-0.3, -0.25) is 0 Å². The summed E-state index contributed by atoms with van der Waals surface area (Å²) in [4.78, 5) is 22.4. The van der Waals surface area contributed by atoms with Crippen molar-refractivity contribution in [2.45, 2.75) is 58.0 Å². The molecule has 2 unspecified atom stereocenters. The van der Waals surface area contributed by atoms with Crippen molar-refractivity contribution in [3.8, 4) is 0 Å². The fourth-order valence-corrected chi connectivity index (χ4v) is 2.29. The number of aliphatic carboxylic acids is 1. The predicted octanol–water partition coefficient (Wildman–Crippen LogP) is 1.73. The van der Waals surface area contributed by atoms with Crippen LogP contribution in [0.1, 0.15) is 46.0 Å². The Morgan fingerprint density at radius 3 is 2.65 bits per heavy atom. The van der Waals surface area contributed by atoms with Crippen molar-refractivity contribution < 1.29 is 14.7 Å². The lowest BCUT2D eigenvalue weighted by molar-refractivity contribution is -0.139. The number of rotatable bonds is 4. The molecule has 0 bridgehead atoms. The summed E-state index contributed by atoms with van der Waals surface area (Å²) in [5.41, 5.74) is 0. The molecule has 1 rings (SSSR count). The highest BCUT2D eigenvalue weighted by Crippen LogP contribution is 2.23. The van der Waals surface area contributed by atoms with Crippen molar-refractivity contribution in [3.63, 3.8) is 0 Å². The summed E-state index contributed by atoms with van der Waals surface area (Å²) in [7, 11) is 0. The van der Waals surface area contributed by atoms with Crippen LogP contribution in [0, 0.1) is 5.92 Å². The van der Waals surface area contributed by atoms with Crippen LogP contribution in [0.15, 0.2) is 0 Å². The van der Waals surface area contributed by atoms with Gasteiger partial charge in [0.05, 0.1) is 0 Å². The number of carbonyl (C=O) groups is 2. The van der Waals surface area contributed by atoms with Gasteiger partial charge in [-0.25, -0.2) is 9.59 Å². The second-order valence-electron chi connectivity index (χ2n) is 4.89. The second-order valence-corrected chi connectivity index (χ2v) is 4.89. The molecule has 2 amide bonds. The molecule has 0 aromatic rings. The van der Waals surface area contributed by atoms with E-state index in [9.17, 15) is 9.59 Å². The van der Waals surface area contributed by atoms with Gasteiger partial charge in [0.15, 0.2) is 0 Å². The van der Waals surface area contributed by atoms with Gasteiger partial charge in [0.25, 0.3) is 0 Å². The summed E-state index contributed by atoms with van der Waals surface area (Å²) in [6.07, 6.45) is 4.71. The normalized spacial score (nSPS) is 26.0. The average Bonchev–Trinajstić information content (AvgIpc) is 2.25. The first kappa shape index (κ1) is 13.8. The molecule has 5 heteroatoms. The molecule has 0 spiro atoms. The third-order valence-corrected chi connectivity index (χ3v) is 3.28. The SMILES string of the molecule is CC[C@H](NC(=O)NC1CCCC(C)C1)C(=O)O. The molecule has 0 saturated heterocycles. The molecular weight excluding hydrogens is 220 g/mol. The van der Waals surface area contributed by atoms with Crippen LogP contribution in [0.4, 0.5) is 4.79 Å². The minimum atomic E-state index is -0.986. The maximum absolute atomic E-state index is 11.6. The Morgan fingerprint density at radius 1 is 1.41 bits per heavy atom. The van der Waals surface area contributed by atoms with Gasteiger partial charge < -0.3 is 15.7 Å². The van der Waals surface area contributed by atoms with E-state index < -0.39 is 12.0 Å². The molecular formula is C12H22N2O3. The Kier molecular flexibility index (Phi) is 5.25. The van der Waals surface area contributed by atoms with E-state index in [-0.39, 0.29) is 12.1 Å². The lowest BCUT2D eigenvalue weighted by atomic mass is 9.87. The molecule has 1 aliphatic rings. The van der Waals surface area contributed by atoms with E-state index in [2.05, 4.69) is 17.6 Å². The van der Waals surface area contributed by atoms with Crippen molar-refractivity contribution in [1.29, 1.82) is 0 Å². The average molecular weight is 242 g/mol. The second kappa shape index (κ2) is 6.47. The number of carboxylic acid groups (broad SMARTS) is 1. The monoisotopic (exact) mass is 242 g/mol. The Bertz CT molecular complexity index is 281. The maximum Gasteiger partial charge on any atom is 0.326 e. The smallest absolute Gasteiger partial charge is 0.326 e. The first-order chi connectivity index (χ1) is 8.02. The van der Waals surface area contributed by atoms with Crippen LogP contribution in [0.3, 0.4) is 0 Å². The van der Waals surface area contributed by atoms with Crippen LogP contribution in [0.25, 0.3) is 0 Å². The standard InChI is InChI=1S/C12H22N2O3/c1-3-10(11(15)16)14-12(17)13-9-6-4-5-8(2)7-9/h8-10H,3-7H2,1-2H3,(H,15,16)(H2,13,14,17)/t8?,9?,10-/m0/s1. The lowest BCUT2D eigenvalue weighted by Gasteiger charge is -2.28. The molecule has 3 atom stereocenters. The first-order valence-electron chi connectivity index (χ1n) is 6.32. The number of amides is 2. The van der Waals surface area contributed by atoms with Crippen molar-refractivity contribution in [1.82, 2.24) is 10.6 Å². The molecule has 3 N–H and O–H groups in total. The predicted molar refractivity (Wildman–Crippen MR) is 64.8 cm³/mol. The summed E-state index contributed by atoms with van der Waals surface area (Å²) >= 11 is 0. The summed E-state index contributed by atoms with van der Waals surface area (Å²) in [6, 6.07) is -0.973. The van der Waals surface area contributed by atoms with Gasteiger partial charge in [0.1, 0.15) is 6.04 Å². The molecule has 0 heterocycles. The molecule has 1 aliphatic carbocycles. The summed E-state index contributed by atoms with van der Waals surface area (Å²) in [5, 5.41) is 14.2. The first-order valence-corrected chi connectivity index (χ1v) is 6.32. The van der Waals surface area contributed by atoms with Crippen LogP contribution < -0.4 is 10.6 Å². The van der Waals surface area contributed by atoms with E-state index in [1.165, 1.54) is 6.42 Å². The Balaban J connectivity index is 2.35. The third kappa shape index (κ3) is 4.63. The number of hydrogen-bond donors (Lipinski definition) is 3. The molecule has 1 fully saturated rings. The lowest BCUT2D eigenvalue weighted by Crippen LogP contribution is -2.49. The van der Waals surface area contributed by atoms with Gasteiger partial charge in [-0.05, 0) is 25.2 Å². The summed E-state index contributed by atoms with van der Waals surface area (Å²) in [6.45, 7) is 3.92. The minimum absolute atomic E-state index is 0.185. The van der Waals surface area contributed by atoms with Crippen LogP contribution in [0.2, 0.25) is 0 Å².